The van der Waals surface area contributed by atoms with E-state index < -0.39 is 23.4 Å². The number of ketones is 1. The quantitative estimate of drug-likeness (QED) is 0.617. The summed E-state index contributed by atoms with van der Waals surface area (Å²) in [6, 6.07) is 4.58. The van der Waals surface area contributed by atoms with Gasteiger partial charge in [0, 0.05) is 0 Å². The van der Waals surface area contributed by atoms with E-state index in [0.717, 1.165) is 12.1 Å². The van der Waals surface area contributed by atoms with Crippen LogP contribution < -0.4 is 4.74 Å². The molecule has 2 nitrogen and oxygen atoms in total. The van der Waals surface area contributed by atoms with Gasteiger partial charge in [-0.15, -0.1) is 0 Å². The first kappa shape index (κ1) is 14.4. The summed E-state index contributed by atoms with van der Waals surface area (Å²) < 4.78 is 66.9. The van der Waals surface area contributed by atoms with Gasteiger partial charge in [-0.25, -0.2) is 0 Å². The highest BCUT2D eigenvalue weighted by Crippen LogP contribution is 2.39. The second kappa shape index (κ2) is 4.91. The van der Waals surface area contributed by atoms with Gasteiger partial charge in [0.1, 0.15) is 5.75 Å². The van der Waals surface area contributed by atoms with Crippen LogP contribution in [0, 0.1) is 0 Å². The second-order valence-electron chi connectivity index (χ2n) is 3.33. The molecule has 0 aromatic heterocycles. The molecule has 0 fully saturated rings. The van der Waals surface area contributed by atoms with Gasteiger partial charge < -0.3 is 4.74 Å². The van der Waals surface area contributed by atoms with Crippen molar-refractivity contribution in [2.75, 3.05) is 6.61 Å². The van der Waals surface area contributed by atoms with Gasteiger partial charge in [0.15, 0.2) is 0 Å². The van der Waals surface area contributed by atoms with Crippen molar-refractivity contribution < 1.29 is 31.5 Å². The number of ether oxygens (including phenoxy) is 1. The lowest BCUT2D eigenvalue weighted by atomic mass is 10.0. The molecule has 18 heavy (non-hydrogen) atoms. The van der Waals surface area contributed by atoms with Crippen LogP contribution in [0.3, 0.4) is 0 Å². The fourth-order valence-corrected chi connectivity index (χ4v) is 1.23. The summed E-state index contributed by atoms with van der Waals surface area (Å²) >= 11 is 0. The summed E-state index contributed by atoms with van der Waals surface area (Å²) in [7, 11) is 0. The Morgan fingerprint density at radius 3 is 2.22 bits per heavy atom. The lowest BCUT2D eigenvalue weighted by Gasteiger charge is -2.19. The average Bonchev–Trinajstić information content (AvgIpc) is 2.28. The van der Waals surface area contributed by atoms with Crippen LogP contribution in [0.15, 0.2) is 24.3 Å². The highest BCUT2D eigenvalue weighted by molar-refractivity contribution is 6.04. The van der Waals surface area contributed by atoms with Crippen LogP contribution in [0.25, 0.3) is 0 Å². The number of halogens is 5. The predicted octanol–water partition coefficient (Wildman–Crippen LogP) is 3.47. The molecule has 0 N–H and O–H groups in total. The smallest absolute Gasteiger partial charge is 0.461 e. The molecule has 0 spiro atoms. The molecule has 1 aromatic rings. The second-order valence-corrected chi connectivity index (χ2v) is 3.33. The third kappa shape index (κ3) is 2.60. The average molecular weight is 268 g/mol. The van der Waals surface area contributed by atoms with E-state index in [1.54, 1.807) is 0 Å². The van der Waals surface area contributed by atoms with E-state index in [4.69, 9.17) is 4.74 Å². The van der Waals surface area contributed by atoms with Gasteiger partial charge in [-0.05, 0) is 19.1 Å². The summed E-state index contributed by atoms with van der Waals surface area (Å²) in [6.07, 6.45) is -5.93. The molecular weight excluding hydrogens is 259 g/mol. The summed E-state index contributed by atoms with van der Waals surface area (Å²) in [5.41, 5.74) is -0.790. The lowest BCUT2D eigenvalue weighted by Crippen LogP contribution is -2.44. The SMILES string of the molecule is CCOc1ccccc1C(=O)C(F)(F)C(F)(F)F. The lowest BCUT2D eigenvalue weighted by molar-refractivity contribution is -0.255. The van der Waals surface area contributed by atoms with Gasteiger partial charge in [-0.1, -0.05) is 12.1 Å². The zero-order chi connectivity index (χ0) is 14.0. The molecule has 0 aliphatic heterocycles. The molecule has 0 heterocycles. The van der Waals surface area contributed by atoms with Crippen LogP contribution in [0.4, 0.5) is 22.0 Å². The highest BCUT2D eigenvalue weighted by atomic mass is 19.4. The monoisotopic (exact) mass is 268 g/mol. The summed E-state index contributed by atoms with van der Waals surface area (Å²) in [6.45, 7) is 1.56. The van der Waals surface area contributed by atoms with Crippen LogP contribution in [0.5, 0.6) is 5.75 Å². The van der Waals surface area contributed by atoms with E-state index in [1.165, 1.54) is 19.1 Å². The van der Waals surface area contributed by atoms with Crippen LogP contribution >= 0.6 is 0 Å². The Morgan fingerprint density at radius 1 is 1.17 bits per heavy atom. The zero-order valence-electron chi connectivity index (χ0n) is 9.22. The van der Waals surface area contributed by atoms with E-state index in [2.05, 4.69) is 0 Å². The standard InChI is InChI=1S/C11H9F5O2/c1-2-18-8-6-4-3-5-7(8)9(17)10(12,13)11(14,15)16/h3-6H,2H2,1H3. The minimum Gasteiger partial charge on any atom is -0.493 e. The first-order valence-corrected chi connectivity index (χ1v) is 4.93. The van der Waals surface area contributed by atoms with Gasteiger partial charge >= 0.3 is 12.1 Å². The fourth-order valence-electron chi connectivity index (χ4n) is 1.23. The van der Waals surface area contributed by atoms with Crippen molar-refractivity contribution >= 4 is 5.78 Å². The molecule has 0 unspecified atom stereocenters. The molecule has 1 aromatic carbocycles. The van der Waals surface area contributed by atoms with Crippen molar-refractivity contribution in [1.29, 1.82) is 0 Å². The third-order valence-electron chi connectivity index (χ3n) is 2.07. The Hall–Kier alpha value is -1.66. The Balaban J connectivity index is 3.19. The van der Waals surface area contributed by atoms with E-state index in [9.17, 15) is 26.7 Å². The van der Waals surface area contributed by atoms with Crippen LogP contribution in [-0.4, -0.2) is 24.5 Å². The number of benzene rings is 1. The van der Waals surface area contributed by atoms with E-state index >= 15 is 0 Å². The molecule has 0 saturated heterocycles. The number of carbonyl (C=O) groups excluding carboxylic acids is 1. The summed E-state index contributed by atoms with van der Waals surface area (Å²) in [4.78, 5) is 11.3. The number of hydrogen-bond donors (Lipinski definition) is 0. The molecule has 7 heteroatoms. The van der Waals surface area contributed by atoms with Crippen LogP contribution in [-0.2, 0) is 0 Å². The summed E-state index contributed by atoms with van der Waals surface area (Å²) in [5, 5.41) is 0. The van der Waals surface area contributed by atoms with Crippen molar-refractivity contribution in [2.45, 2.75) is 19.0 Å². The topological polar surface area (TPSA) is 26.3 Å². The van der Waals surface area contributed by atoms with Crippen molar-refractivity contribution in [1.82, 2.24) is 0 Å². The van der Waals surface area contributed by atoms with Crippen LogP contribution in [0.1, 0.15) is 17.3 Å². The maximum Gasteiger partial charge on any atom is 0.461 e. The van der Waals surface area contributed by atoms with Gasteiger partial charge in [0.2, 0.25) is 5.78 Å². The molecule has 0 bridgehead atoms. The van der Waals surface area contributed by atoms with Crippen molar-refractivity contribution in [3.63, 3.8) is 0 Å². The minimum atomic E-state index is -5.93. The number of Topliss-reactive ketones (excluding diaryl/α,β-unsaturated/α-hetero) is 1. The van der Waals surface area contributed by atoms with Crippen molar-refractivity contribution in [3.8, 4) is 5.75 Å². The summed E-state index contributed by atoms with van der Waals surface area (Å²) in [5.74, 6) is -8.05. The molecule has 0 aliphatic carbocycles. The molecule has 0 aliphatic rings. The number of rotatable bonds is 4. The molecule has 0 amide bonds. The first-order chi connectivity index (χ1) is 8.21. The van der Waals surface area contributed by atoms with E-state index in [1.807, 2.05) is 0 Å². The first-order valence-electron chi connectivity index (χ1n) is 4.93. The molecular formula is C11H9F5O2. The Bertz CT molecular complexity index is 439. The predicted molar refractivity (Wildman–Crippen MR) is 52.9 cm³/mol. The number of alkyl halides is 5. The van der Waals surface area contributed by atoms with E-state index in [-0.39, 0.29) is 12.4 Å². The van der Waals surface area contributed by atoms with E-state index in [0.29, 0.717) is 0 Å². The van der Waals surface area contributed by atoms with Gasteiger partial charge in [0.05, 0.1) is 12.2 Å². The number of hydrogen-bond acceptors (Lipinski definition) is 2. The van der Waals surface area contributed by atoms with Gasteiger partial charge in [0.25, 0.3) is 0 Å². The molecule has 0 radical (unpaired) electrons. The molecule has 0 atom stereocenters. The number of carbonyl (C=O) groups is 1. The zero-order valence-corrected chi connectivity index (χ0v) is 9.22. The highest BCUT2D eigenvalue weighted by Gasteiger charge is 2.63. The molecule has 100 valence electrons. The van der Waals surface area contributed by atoms with Crippen molar-refractivity contribution in [3.05, 3.63) is 29.8 Å². The fraction of sp³-hybridized carbons (Fsp3) is 0.364. The van der Waals surface area contributed by atoms with Gasteiger partial charge in [-0.2, -0.15) is 22.0 Å². The third-order valence-corrected chi connectivity index (χ3v) is 2.07. The Labute approximate surface area is 99.4 Å². The number of para-hydroxylation sites is 1. The minimum absolute atomic E-state index is 0.0435. The maximum absolute atomic E-state index is 12.9. The molecule has 0 saturated carbocycles. The van der Waals surface area contributed by atoms with Crippen LogP contribution in [0.2, 0.25) is 0 Å². The molecule has 1 rings (SSSR count). The van der Waals surface area contributed by atoms with Gasteiger partial charge in [-0.3, -0.25) is 4.79 Å². The Morgan fingerprint density at radius 2 is 1.72 bits per heavy atom. The van der Waals surface area contributed by atoms with Crippen molar-refractivity contribution in [2.24, 2.45) is 0 Å². The maximum atomic E-state index is 12.9. The normalized spacial score (nSPS) is 12.3. The largest absolute Gasteiger partial charge is 0.493 e. The Kier molecular flexibility index (Phi) is 3.93.